The molecule has 1 unspecified atom stereocenters. The Morgan fingerprint density at radius 1 is 1.21 bits per heavy atom. The molecule has 9 heteroatoms. The van der Waals surface area contributed by atoms with Gasteiger partial charge in [-0.3, -0.25) is 9.89 Å². The molecule has 3 rings (SSSR count). The maximum absolute atomic E-state index is 14.0. The van der Waals surface area contributed by atoms with Gasteiger partial charge in [0.1, 0.15) is 17.3 Å². The van der Waals surface area contributed by atoms with Gasteiger partial charge in [0, 0.05) is 51.4 Å². The Balaban J connectivity index is 0.00000300. The third-order valence-corrected chi connectivity index (χ3v) is 5.56. The minimum Gasteiger partial charge on any atom is -0.379 e. The molecule has 0 amide bonds. The summed E-state index contributed by atoms with van der Waals surface area (Å²) in [6, 6.07) is 4.07. The van der Waals surface area contributed by atoms with E-state index >= 15 is 0 Å². The van der Waals surface area contributed by atoms with Crippen molar-refractivity contribution in [2.24, 2.45) is 4.99 Å². The molecule has 2 fully saturated rings. The minimum atomic E-state index is -0.518. The second-order valence-corrected chi connectivity index (χ2v) is 7.98. The maximum atomic E-state index is 14.0. The van der Waals surface area contributed by atoms with Gasteiger partial charge < -0.3 is 20.3 Å². The molecule has 0 spiro atoms. The Hall–Kier alpha value is -1.20. The fourth-order valence-corrected chi connectivity index (χ4v) is 3.84. The summed E-state index contributed by atoms with van der Waals surface area (Å²) in [5.74, 6) is -0.326. The maximum Gasteiger partial charge on any atom is 0.191 e. The number of nitrogens with zero attached hydrogens (tertiary/aromatic N) is 3. The largest absolute Gasteiger partial charge is 0.379 e. The van der Waals surface area contributed by atoms with Crippen molar-refractivity contribution in [3.8, 4) is 0 Å². The molecule has 2 aliphatic rings. The fraction of sp³-hybridized carbons (Fsp3) is 0.650. The van der Waals surface area contributed by atoms with E-state index in [4.69, 9.17) is 4.74 Å². The quantitative estimate of drug-likeness (QED) is 0.353. The zero-order valence-electron chi connectivity index (χ0n) is 17.4. The molecule has 0 radical (unpaired) electrons. The monoisotopic (exact) mass is 523 g/mol. The predicted molar refractivity (Wildman–Crippen MR) is 123 cm³/mol. The summed E-state index contributed by atoms with van der Waals surface area (Å²) in [5.41, 5.74) is 0.0301. The number of hydrogen-bond donors (Lipinski definition) is 2. The van der Waals surface area contributed by atoms with E-state index in [-0.39, 0.29) is 41.2 Å². The van der Waals surface area contributed by atoms with Gasteiger partial charge in [-0.1, -0.05) is 6.07 Å². The Kier molecular flexibility index (Phi) is 8.90. The van der Waals surface area contributed by atoms with Crippen molar-refractivity contribution >= 4 is 35.6 Å². The van der Waals surface area contributed by atoms with Gasteiger partial charge in [-0.05, 0) is 32.4 Å². The van der Waals surface area contributed by atoms with Crippen LogP contribution in [-0.2, 0) is 4.74 Å². The number of rotatable bonds is 5. The van der Waals surface area contributed by atoms with Crippen molar-refractivity contribution in [1.29, 1.82) is 0 Å². The van der Waals surface area contributed by atoms with Gasteiger partial charge in [0.2, 0.25) is 0 Å². The van der Waals surface area contributed by atoms with Gasteiger partial charge in [-0.15, -0.1) is 24.0 Å². The van der Waals surface area contributed by atoms with E-state index in [9.17, 15) is 8.78 Å². The number of ether oxygens (including phenoxy) is 1. The highest BCUT2D eigenvalue weighted by atomic mass is 127. The van der Waals surface area contributed by atoms with Gasteiger partial charge >= 0.3 is 0 Å². The first kappa shape index (κ1) is 24.1. The van der Waals surface area contributed by atoms with Crippen LogP contribution in [0.4, 0.5) is 14.5 Å². The third-order valence-electron chi connectivity index (χ3n) is 5.56. The second kappa shape index (κ2) is 10.7. The molecule has 0 aromatic heterocycles. The van der Waals surface area contributed by atoms with Crippen LogP contribution in [0.25, 0.3) is 0 Å². The van der Waals surface area contributed by atoms with Crippen LogP contribution in [0.5, 0.6) is 0 Å². The van der Waals surface area contributed by atoms with Crippen LogP contribution in [0, 0.1) is 11.6 Å². The van der Waals surface area contributed by atoms with E-state index in [1.807, 2.05) is 0 Å². The smallest absolute Gasteiger partial charge is 0.191 e. The lowest BCUT2D eigenvalue weighted by Gasteiger charge is -2.41. The molecule has 6 nitrogen and oxygen atoms in total. The summed E-state index contributed by atoms with van der Waals surface area (Å²) < 4.78 is 33.5. The molecule has 1 aromatic carbocycles. The molecule has 1 atom stereocenters. The zero-order valence-corrected chi connectivity index (χ0v) is 19.7. The van der Waals surface area contributed by atoms with E-state index in [2.05, 4.69) is 34.4 Å². The number of anilines is 1. The van der Waals surface area contributed by atoms with Crippen LogP contribution < -0.4 is 15.5 Å². The molecule has 2 saturated heterocycles. The fourth-order valence-electron chi connectivity index (χ4n) is 3.84. The summed E-state index contributed by atoms with van der Waals surface area (Å²) in [4.78, 5) is 8.49. The summed E-state index contributed by atoms with van der Waals surface area (Å²) in [6.07, 6.45) is 0.793. The number of hydrogen-bond acceptors (Lipinski definition) is 4. The number of benzene rings is 1. The minimum absolute atomic E-state index is 0. The molecule has 1 aromatic rings. The van der Waals surface area contributed by atoms with E-state index in [1.54, 1.807) is 11.9 Å². The molecular weight excluding hydrogens is 491 g/mol. The van der Waals surface area contributed by atoms with Crippen LogP contribution in [0.2, 0.25) is 0 Å². The molecule has 0 aliphatic carbocycles. The lowest BCUT2D eigenvalue weighted by molar-refractivity contribution is -0.00834. The molecule has 2 N–H and O–H groups in total. The van der Waals surface area contributed by atoms with Gasteiger partial charge in [0.15, 0.2) is 5.96 Å². The summed E-state index contributed by atoms with van der Waals surface area (Å²) in [7, 11) is 1.74. The third kappa shape index (κ3) is 6.14. The van der Waals surface area contributed by atoms with Crippen molar-refractivity contribution in [3.63, 3.8) is 0 Å². The van der Waals surface area contributed by atoms with Crippen molar-refractivity contribution in [2.75, 3.05) is 57.9 Å². The van der Waals surface area contributed by atoms with Crippen molar-refractivity contribution in [1.82, 2.24) is 15.5 Å². The number of morpholine rings is 1. The number of guanidine groups is 1. The van der Waals surface area contributed by atoms with Gasteiger partial charge in [0.05, 0.1) is 13.2 Å². The summed E-state index contributed by atoms with van der Waals surface area (Å²) in [5, 5.41) is 6.79. The highest BCUT2D eigenvalue weighted by Crippen LogP contribution is 2.26. The topological polar surface area (TPSA) is 52.1 Å². The predicted octanol–water partition coefficient (Wildman–Crippen LogP) is 2.44. The van der Waals surface area contributed by atoms with Crippen LogP contribution >= 0.6 is 24.0 Å². The Labute approximate surface area is 189 Å². The lowest BCUT2D eigenvalue weighted by atomic mass is 10.0. The van der Waals surface area contributed by atoms with Crippen LogP contribution in [0.3, 0.4) is 0 Å². The zero-order chi connectivity index (χ0) is 20.1. The van der Waals surface area contributed by atoms with Crippen LogP contribution in [0.15, 0.2) is 23.2 Å². The van der Waals surface area contributed by atoms with Crippen molar-refractivity contribution in [3.05, 3.63) is 29.8 Å². The summed E-state index contributed by atoms with van der Waals surface area (Å²) in [6.45, 7) is 9.66. The van der Waals surface area contributed by atoms with Crippen molar-refractivity contribution < 1.29 is 13.5 Å². The molecular formula is C20H32F2IN5O. The average molecular weight is 523 g/mol. The van der Waals surface area contributed by atoms with E-state index in [1.165, 1.54) is 18.2 Å². The summed E-state index contributed by atoms with van der Waals surface area (Å²) >= 11 is 0. The molecule has 0 bridgehead atoms. The van der Waals surface area contributed by atoms with Crippen LogP contribution in [-0.4, -0.2) is 75.4 Å². The molecule has 164 valence electrons. The highest BCUT2D eigenvalue weighted by Gasteiger charge is 2.30. The molecule has 2 heterocycles. The number of nitrogens with one attached hydrogen (secondary N) is 2. The highest BCUT2D eigenvalue weighted by molar-refractivity contribution is 14.0. The molecule has 2 aliphatic heterocycles. The van der Waals surface area contributed by atoms with E-state index in [0.717, 1.165) is 39.3 Å². The standard InChI is InChI=1S/C20H31F2N5O.HI/c1-20(2,27-9-11-28-12-10-27)14-24-19(23-3)25-15-7-8-26(13-15)18-16(21)5-4-6-17(18)22;/h4-6,15H,7-14H2,1-3H3,(H2,23,24,25);1H. The Bertz CT molecular complexity index is 677. The number of para-hydroxylation sites is 1. The average Bonchev–Trinajstić information content (AvgIpc) is 3.13. The Morgan fingerprint density at radius 2 is 1.86 bits per heavy atom. The van der Waals surface area contributed by atoms with Gasteiger partial charge in [0.25, 0.3) is 0 Å². The van der Waals surface area contributed by atoms with Gasteiger partial charge in [-0.25, -0.2) is 8.78 Å². The second-order valence-electron chi connectivity index (χ2n) is 7.98. The molecule has 0 saturated carbocycles. The first-order valence-electron chi connectivity index (χ1n) is 9.89. The normalized spacial score (nSPS) is 21.1. The van der Waals surface area contributed by atoms with E-state index < -0.39 is 11.6 Å². The van der Waals surface area contributed by atoms with E-state index in [0.29, 0.717) is 19.0 Å². The lowest BCUT2D eigenvalue weighted by Crippen LogP contribution is -2.57. The van der Waals surface area contributed by atoms with Crippen molar-refractivity contribution in [2.45, 2.75) is 31.8 Å². The number of aliphatic imine (C=N–C) groups is 1. The van der Waals surface area contributed by atoms with Crippen LogP contribution in [0.1, 0.15) is 20.3 Å². The number of halogens is 3. The SMILES string of the molecule is CN=C(NCC(C)(C)N1CCOCC1)NC1CCN(c2c(F)cccc2F)C1.I. The molecule has 29 heavy (non-hydrogen) atoms. The first-order chi connectivity index (χ1) is 13.4. The Morgan fingerprint density at radius 3 is 2.48 bits per heavy atom. The van der Waals surface area contributed by atoms with Gasteiger partial charge in [-0.2, -0.15) is 0 Å². The first-order valence-corrected chi connectivity index (χ1v) is 9.89.